The second-order valence-electron chi connectivity index (χ2n) is 5.04. The fourth-order valence-corrected chi connectivity index (χ4v) is 2.23. The second kappa shape index (κ2) is 7.23. The van der Waals surface area contributed by atoms with Crippen LogP contribution in [0.2, 0.25) is 5.02 Å². The van der Waals surface area contributed by atoms with E-state index in [4.69, 9.17) is 16.9 Å². The van der Waals surface area contributed by atoms with E-state index in [2.05, 4.69) is 5.32 Å². The van der Waals surface area contributed by atoms with Gasteiger partial charge in [0.05, 0.1) is 22.8 Å². The number of carbonyl (C=O) groups excluding carboxylic acids is 1. The third-order valence-electron chi connectivity index (χ3n) is 3.38. The van der Waals surface area contributed by atoms with Crippen LogP contribution in [-0.2, 0) is 0 Å². The Kier molecular flexibility index (Phi) is 5.32. The normalized spacial score (nSPS) is 11.6. The van der Waals surface area contributed by atoms with E-state index >= 15 is 0 Å². The quantitative estimate of drug-likeness (QED) is 0.903. The summed E-state index contributed by atoms with van der Waals surface area (Å²) in [6.45, 7) is 1.65. The Morgan fingerprint density at radius 3 is 2.74 bits per heavy atom. The zero-order chi connectivity index (χ0) is 17.0. The lowest BCUT2D eigenvalue weighted by Gasteiger charge is -2.13. The first-order valence-electron chi connectivity index (χ1n) is 6.84. The molecule has 0 aromatic heterocycles. The van der Waals surface area contributed by atoms with Crippen LogP contribution in [-0.4, -0.2) is 17.6 Å². The molecule has 4 nitrogen and oxygen atoms in total. The predicted molar refractivity (Wildman–Crippen MR) is 84.6 cm³/mol. The minimum absolute atomic E-state index is 0.0295. The van der Waals surface area contributed by atoms with Crippen LogP contribution in [0.4, 0.5) is 4.39 Å². The van der Waals surface area contributed by atoms with Gasteiger partial charge < -0.3 is 10.4 Å². The maximum absolute atomic E-state index is 13.4. The lowest BCUT2D eigenvalue weighted by molar-refractivity contribution is 0.0915. The average molecular weight is 333 g/mol. The number of halogens is 2. The Labute approximate surface area is 138 Å². The van der Waals surface area contributed by atoms with Crippen molar-refractivity contribution in [3.63, 3.8) is 0 Å². The van der Waals surface area contributed by atoms with Gasteiger partial charge in [-0.3, -0.25) is 4.79 Å². The number of nitriles is 1. The van der Waals surface area contributed by atoms with E-state index in [0.717, 1.165) is 6.07 Å². The summed E-state index contributed by atoms with van der Waals surface area (Å²) < 4.78 is 13.4. The highest BCUT2D eigenvalue weighted by molar-refractivity contribution is 6.30. The van der Waals surface area contributed by atoms with Crippen molar-refractivity contribution in [2.24, 2.45) is 0 Å². The van der Waals surface area contributed by atoms with Crippen molar-refractivity contribution in [1.29, 1.82) is 5.26 Å². The Hall–Kier alpha value is -2.42. The van der Waals surface area contributed by atoms with Crippen molar-refractivity contribution in [3.8, 4) is 6.07 Å². The summed E-state index contributed by atoms with van der Waals surface area (Å²) in [5.74, 6) is -1.00. The van der Waals surface area contributed by atoms with Gasteiger partial charge >= 0.3 is 0 Å². The van der Waals surface area contributed by atoms with Gasteiger partial charge in [0.1, 0.15) is 5.82 Å². The zero-order valence-electron chi connectivity index (χ0n) is 12.3. The predicted octanol–water partition coefficient (Wildman–Crippen LogP) is 3.12. The van der Waals surface area contributed by atoms with Crippen LogP contribution in [0.1, 0.15) is 33.2 Å². The molecule has 23 heavy (non-hydrogen) atoms. The van der Waals surface area contributed by atoms with Crippen molar-refractivity contribution >= 4 is 17.5 Å². The fourth-order valence-electron chi connectivity index (χ4n) is 2.11. The molecule has 0 aliphatic heterocycles. The summed E-state index contributed by atoms with van der Waals surface area (Å²) in [6.07, 6.45) is -1.05. The van der Waals surface area contributed by atoms with Gasteiger partial charge in [0.25, 0.3) is 5.91 Å². The van der Waals surface area contributed by atoms with Crippen molar-refractivity contribution in [3.05, 3.63) is 69.5 Å². The fraction of sp³-hybridized carbons (Fsp3) is 0.176. The molecule has 1 unspecified atom stereocenters. The number of hydrogen-bond acceptors (Lipinski definition) is 3. The zero-order valence-corrected chi connectivity index (χ0v) is 13.1. The maximum Gasteiger partial charge on any atom is 0.251 e. The minimum atomic E-state index is -1.05. The van der Waals surface area contributed by atoms with Crippen molar-refractivity contribution < 1.29 is 14.3 Å². The van der Waals surface area contributed by atoms with Crippen molar-refractivity contribution in [1.82, 2.24) is 5.32 Å². The number of hydrogen-bond donors (Lipinski definition) is 2. The molecule has 2 aromatic rings. The molecule has 0 spiro atoms. The molecule has 0 heterocycles. The van der Waals surface area contributed by atoms with Gasteiger partial charge in [-0.05, 0) is 48.4 Å². The van der Waals surface area contributed by atoms with Crippen LogP contribution in [0.25, 0.3) is 0 Å². The van der Waals surface area contributed by atoms with Crippen LogP contribution in [0.15, 0.2) is 36.4 Å². The molecule has 0 saturated carbocycles. The number of nitrogens with one attached hydrogen (secondary N) is 1. The molecule has 1 atom stereocenters. The Morgan fingerprint density at radius 1 is 1.39 bits per heavy atom. The minimum Gasteiger partial charge on any atom is -0.387 e. The van der Waals surface area contributed by atoms with E-state index in [9.17, 15) is 14.3 Å². The molecular weight excluding hydrogens is 319 g/mol. The van der Waals surface area contributed by atoms with E-state index in [-0.39, 0.29) is 17.5 Å². The van der Waals surface area contributed by atoms with Crippen molar-refractivity contribution in [2.45, 2.75) is 13.0 Å². The highest BCUT2D eigenvalue weighted by atomic mass is 35.5. The molecule has 0 aliphatic carbocycles. The standard InChI is InChI=1S/C17H14ClFN2O2/c1-10-6-11(8-20)2-4-13(10)17(23)21-9-16(22)12-3-5-14(18)15(19)7-12/h2-7,16,22H,9H2,1H3,(H,21,23). The van der Waals surface area contributed by atoms with Crippen LogP contribution < -0.4 is 5.32 Å². The average Bonchev–Trinajstić information content (AvgIpc) is 2.54. The number of aliphatic hydroxyl groups is 1. The molecule has 0 aliphatic rings. The molecule has 118 valence electrons. The van der Waals surface area contributed by atoms with Crippen LogP contribution in [0.5, 0.6) is 0 Å². The maximum atomic E-state index is 13.4. The number of carbonyl (C=O) groups is 1. The highest BCUT2D eigenvalue weighted by Crippen LogP contribution is 2.20. The van der Waals surface area contributed by atoms with Crippen molar-refractivity contribution in [2.75, 3.05) is 6.54 Å². The highest BCUT2D eigenvalue weighted by Gasteiger charge is 2.14. The third kappa shape index (κ3) is 4.07. The molecule has 2 rings (SSSR count). The summed E-state index contributed by atoms with van der Waals surface area (Å²) in [7, 11) is 0. The second-order valence-corrected chi connectivity index (χ2v) is 5.45. The Bertz CT molecular complexity index is 787. The van der Waals surface area contributed by atoms with Gasteiger partial charge in [-0.1, -0.05) is 17.7 Å². The number of nitrogens with zero attached hydrogens (tertiary/aromatic N) is 1. The molecule has 2 N–H and O–H groups in total. The molecule has 0 fully saturated rings. The summed E-state index contributed by atoms with van der Waals surface area (Å²) in [5.41, 5.74) is 1.87. The smallest absolute Gasteiger partial charge is 0.251 e. The number of aryl methyl sites for hydroxylation is 1. The molecule has 0 radical (unpaired) electrons. The van der Waals surface area contributed by atoms with Gasteiger partial charge in [-0.15, -0.1) is 0 Å². The Morgan fingerprint density at radius 2 is 2.13 bits per heavy atom. The number of aliphatic hydroxyl groups excluding tert-OH is 1. The summed E-state index contributed by atoms with van der Waals surface area (Å²) in [6, 6.07) is 10.7. The number of amides is 1. The first-order valence-corrected chi connectivity index (χ1v) is 7.22. The van der Waals surface area contributed by atoms with Crippen LogP contribution in [0, 0.1) is 24.1 Å². The van der Waals surface area contributed by atoms with E-state index in [1.54, 1.807) is 25.1 Å². The van der Waals surface area contributed by atoms with Gasteiger partial charge in [-0.25, -0.2) is 4.39 Å². The summed E-state index contributed by atoms with van der Waals surface area (Å²) in [4.78, 5) is 12.1. The topological polar surface area (TPSA) is 73.1 Å². The first-order chi connectivity index (χ1) is 10.9. The Balaban J connectivity index is 2.04. The van der Waals surface area contributed by atoms with Gasteiger partial charge in [-0.2, -0.15) is 5.26 Å². The van der Waals surface area contributed by atoms with E-state index < -0.39 is 11.9 Å². The van der Waals surface area contributed by atoms with Crippen LogP contribution >= 0.6 is 11.6 Å². The summed E-state index contributed by atoms with van der Waals surface area (Å²) in [5, 5.41) is 21.4. The molecule has 2 aromatic carbocycles. The summed E-state index contributed by atoms with van der Waals surface area (Å²) >= 11 is 5.59. The molecule has 0 saturated heterocycles. The van der Waals surface area contributed by atoms with Crippen LogP contribution in [0.3, 0.4) is 0 Å². The van der Waals surface area contributed by atoms with Gasteiger partial charge in [0.15, 0.2) is 0 Å². The first kappa shape index (κ1) is 16.9. The molecule has 6 heteroatoms. The molecular formula is C17H14ClFN2O2. The lowest BCUT2D eigenvalue weighted by atomic mass is 10.0. The molecule has 0 bridgehead atoms. The van der Waals surface area contributed by atoms with E-state index in [1.165, 1.54) is 12.1 Å². The van der Waals surface area contributed by atoms with E-state index in [0.29, 0.717) is 22.3 Å². The number of rotatable bonds is 4. The van der Waals surface area contributed by atoms with E-state index in [1.807, 2.05) is 6.07 Å². The molecule has 1 amide bonds. The van der Waals surface area contributed by atoms with Gasteiger partial charge in [0.2, 0.25) is 0 Å². The number of benzene rings is 2. The third-order valence-corrected chi connectivity index (χ3v) is 3.69. The largest absolute Gasteiger partial charge is 0.387 e. The lowest BCUT2D eigenvalue weighted by Crippen LogP contribution is -2.29. The monoisotopic (exact) mass is 332 g/mol. The SMILES string of the molecule is Cc1cc(C#N)ccc1C(=O)NCC(O)c1ccc(Cl)c(F)c1. The van der Waals surface area contributed by atoms with Gasteiger partial charge in [0, 0.05) is 12.1 Å².